The van der Waals surface area contributed by atoms with Gasteiger partial charge >= 0.3 is 0 Å². The summed E-state index contributed by atoms with van der Waals surface area (Å²) in [7, 11) is 0. The largest absolute Gasteiger partial charge is 0.326 e. The third kappa shape index (κ3) is 4.80. The first kappa shape index (κ1) is 21.6. The topological polar surface area (TPSA) is 91.4 Å². The molecule has 1 saturated heterocycles. The number of rotatable bonds is 5. The molecule has 0 bridgehead atoms. The van der Waals surface area contributed by atoms with Crippen LogP contribution in [-0.4, -0.2) is 29.3 Å². The number of amides is 3. The maximum Gasteiger partial charge on any atom is 0.231 e. The average Bonchev–Trinajstić information content (AvgIpc) is 3.34. The SMILES string of the molecule is CC(=O)Nc1ccc(-c2csc(NC(=O)C3CC(=O)N(c4cc(F)cc(F)c4)C3)n2)cc1. The zero-order chi connectivity index (χ0) is 22.8. The van der Waals surface area contributed by atoms with Gasteiger partial charge in [-0.05, 0) is 24.3 Å². The van der Waals surface area contributed by atoms with Crippen molar-refractivity contribution in [2.75, 3.05) is 22.1 Å². The molecule has 2 heterocycles. The Morgan fingerprint density at radius 1 is 1.09 bits per heavy atom. The van der Waals surface area contributed by atoms with Gasteiger partial charge in [-0.15, -0.1) is 11.3 Å². The summed E-state index contributed by atoms with van der Waals surface area (Å²) >= 11 is 1.24. The molecule has 0 aliphatic carbocycles. The van der Waals surface area contributed by atoms with Crippen molar-refractivity contribution in [2.45, 2.75) is 13.3 Å². The van der Waals surface area contributed by atoms with Crippen LogP contribution in [-0.2, 0) is 14.4 Å². The molecule has 2 aromatic carbocycles. The van der Waals surface area contributed by atoms with Crippen molar-refractivity contribution in [3.63, 3.8) is 0 Å². The van der Waals surface area contributed by atoms with E-state index in [1.54, 1.807) is 29.6 Å². The molecule has 32 heavy (non-hydrogen) atoms. The summed E-state index contributed by atoms with van der Waals surface area (Å²) in [5.41, 5.74) is 2.21. The van der Waals surface area contributed by atoms with Gasteiger partial charge in [-0.2, -0.15) is 0 Å². The van der Waals surface area contributed by atoms with Crippen molar-refractivity contribution in [3.8, 4) is 11.3 Å². The van der Waals surface area contributed by atoms with E-state index < -0.39 is 17.6 Å². The number of nitrogens with zero attached hydrogens (tertiary/aromatic N) is 2. The second-order valence-corrected chi connectivity index (χ2v) is 8.18. The van der Waals surface area contributed by atoms with E-state index in [0.29, 0.717) is 16.5 Å². The van der Waals surface area contributed by atoms with Gasteiger partial charge < -0.3 is 15.5 Å². The third-order valence-electron chi connectivity index (χ3n) is 4.89. The molecule has 1 atom stereocenters. The van der Waals surface area contributed by atoms with E-state index in [2.05, 4.69) is 15.6 Å². The maximum atomic E-state index is 13.5. The van der Waals surface area contributed by atoms with Gasteiger partial charge in [0.1, 0.15) is 11.6 Å². The molecular formula is C22H18F2N4O3S. The van der Waals surface area contributed by atoms with E-state index in [-0.39, 0.29) is 36.4 Å². The highest BCUT2D eigenvalue weighted by molar-refractivity contribution is 7.14. The Kier molecular flexibility index (Phi) is 5.95. The number of aromatic nitrogens is 1. The first-order chi connectivity index (χ1) is 15.3. The monoisotopic (exact) mass is 456 g/mol. The van der Waals surface area contributed by atoms with Crippen LogP contribution >= 0.6 is 11.3 Å². The standard InChI is InChI=1S/C22H18F2N4O3S/c1-12(29)25-17-4-2-13(3-5-17)19-11-32-22(26-19)27-21(31)14-6-20(30)28(10-14)18-8-15(23)7-16(24)9-18/h2-5,7-9,11,14H,6,10H2,1H3,(H,25,29)(H,26,27,31). The van der Waals surface area contributed by atoms with E-state index >= 15 is 0 Å². The van der Waals surface area contributed by atoms with Crippen LogP contribution in [0, 0.1) is 17.6 Å². The number of thiazole rings is 1. The highest BCUT2D eigenvalue weighted by Crippen LogP contribution is 2.29. The third-order valence-corrected chi connectivity index (χ3v) is 5.65. The number of halogens is 2. The molecule has 1 aromatic heterocycles. The zero-order valence-corrected chi connectivity index (χ0v) is 17.7. The van der Waals surface area contributed by atoms with Crippen LogP contribution in [0.2, 0.25) is 0 Å². The van der Waals surface area contributed by atoms with Crippen LogP contribution in [0.3, 0.4) is 0 Å². The molecule has 7 nitrogen and oxygen atoms in total. The Morgan fingerprint density at radius 3 is 2.44 bits per heavy atom. The van der Waals surface area contributed by atoms with Gasteiger partial charge in [0.2, 0.25) is 17.7 Å². The summed E-state index contributed by atoms with van der Waals surface area (Å²) in [4.78, 5) is 41.7. The molecule has 1 unspecified atom stereocenters. The van der Waals surface area contributed by atoms with Gasteiger partial charge in [0.25, 0.3) is 0 Å². The minimum atomic E-state index is -0.791. The Hall–Kier alpha value is -3.66. The Balaban J connectivity index is 1.41. The van der Waals surface area contributed by atoms with E-state index in [4.69, 9.17) is 0 Å². The predicted octanol–water partition coefficient (Wildman–Crippen LogP) is 4.04. The van der Waals surface area contributed by atoms with Crippen molar-refractivity contribution in [2.24, 2.45) is 5.92 Å². The highest BCUT2D eigenvalue weighted by Gasteiger charge is 2.35. The van der Waals surface area contributed by atoms with Crippen LogP contribution < -0.4 is 15.5 Å². The number of carbonyl (C=O) groups is 3. The van der Waals surface area contributed by atoms with Gasteiger partial charge in [0.05, 0.1) is 11.6 Å². The van der Waals surface area contributed by atoms with Gasteiger partial charge in [-0.25, -0.2) is 13.8 Å². The second kappa shape index (κ2) is 8.83. The summed E-state index contributed by atoms with van der Waals surface area (Å²) < 4.78 is 27.0. The van der Waals surface area contributed by atoms with E-state index in [0.717, 1.165) is 23.8 Å². The lowest BCUT2D eigenvalue weighted by atomic mass is 10.1. The Morgan fingerprint density at radius 2 is 1.78 bits per heavy atom. The molecule has 1 fully saturated rings. The molecule has 0 radical (unpaired) electrons. The minimum Gasteiger partial charge on any atom is -0.326 e. The molecule has 1 aliphatic heterocycles. The summed E-state index contributed by atoms with van der Waals surface area (Å²) in [5, 5.41) is 7.55. The summed E-state index contributed by atoms with van der Waals surface area (Å²) in [6.45, 7) is 1.45. The molecule has 3 aromatic rings. The van der Waals surface area contributed by atoms with Gasteiger partial charge in [0.15, 0.2) is 5.13 Å². The van der Waals surface area contributed by atoms with Crippen LogP contribution in [0.4, 0.5) is 25.3 Å². The van der Waals surface area contributed by atoms with E-state index in [1.807, 2.05) is 0 Å². The maximum absolute atomic E-state index is 13.5. The number of hydrogen-bond donors (Lipinski definition) is 2. The molecule has 3 amide bonds. The number of carbonyl (C=O) groups excluding carboxylic acids is 3. The zero-order valence-electron chi connectivity index (χ0n) is 16.9. The number of benzene rings is 2. The molecule has 4 rings (SSSR count). The first-order valence-electron chi connectivity index (χ1n) is 9.69. The van der Waals surface area contributed by atoms with Crippen molar-refractivity contribution < 1.29 is 23.2 Å². The lowest BCUT2D eigenvalue weighted by Crippen LogP contribution is -2.28. The van der Waals surface area contributed by atoms with Crippen molar-refractivity contribution in [1.82, 2.24) is 4.98 Å². The molecule has 0 saturated carbocycles. The van der Waals surface area contributed by atoms with Gasteiger partial charge in [-0.3, -0.25) is 14.4 Å². The quantitative estimate of drug-likeness (QED) is 0.606. The molecule has 1 aliphatic rings. The number of hydrogen-bond acceptors (Lipinski definition) is 5. The van der Waals surface area contributed by atoms with Crippen molar-refractivity contribution in [1.29, 1.82) is 0 Å². The van der Waals surface area contributed by atoms with Crippen molar-refractivity contribution in [3.05, 3.63) is 59.5 Å². The highest BCUT2D eigenvalue weighted by atomic mass is 32.1. The first-order valence-corrected chi connectivity index (χ1v) is 10.6. The fourth-order valence-electron chi connectivity index (χ4n) is 3.43. The smallest absolute Gasteiger partial charge is 0.231 e. The molecule has 0 spiro atoms. The van der Waals surface area contributed by atoms with Crippen LogP contribution in [0.1, 0.15) is 13.3 Å². The van der Waals surface area contributed by atoms with Gasteiger partial charge in [0, 0.05) is 48.3 Å². The normalized spacial score (nSPS) is 15.7. The fraction of sp³-hybridized carbons (Fsp3) is 0.182. The molecular weight excluding hydrogens is 438 g/mol. The molecule has 164 valence electrons. The summed E-state index contributed by atoms with van der Waals surface area (Å²) in [6, 6.07) is 9.96. The summed E-state index contributed by atoms with van der Waals surface area (Å²) in [5.74, 6) is -3.18. The van der Waals surface area contributed by atoms with E-state index in [9.17, 15) is 23.2 Å². The minimum absolute atomic E-state index is 0.0242. The lowest BCUT2D eigenvalue weighted by molar-refractivity contribution is -0.122. The average molecular weight is 456 g/mol. The fourth-order valence-corrected chi connectivity index (χ4v) is 4.15. The summed E-state index contributed by atoms with van der Waals surface area (Å²) in [6.07, 6.45) is -0.0627. The van der Waals surface area contributed by atoms with Gasteiger partial charge in [-0.1, -0.05) is 12.1 Å². The molecule has 2 N–H and O–H groups in total. The van der Waals surface area contributed by atoms with E-state index in [1.165, 1.54) is 23.2 Å². The van der Waals surface area contributed by atoms with Crippen LogP contribution in [0.25, 0.3) is 11.3 Å². The lowest BCUT2D eigenvalue weighted by Gasteiger charge is -2.16. The predicted molar refractivity (Wildman–Crippen MR) is 117 cm³/mol. The number of anilines is 3. The van der Waals surface area contributed by atoms with Crippen LogP contribution in [0.15, 0.2) is 47.8 Å². The van der Waals surface area contributed by atoms with Crippen LogP contribution in [0.5, 0.6) is 0 Å². The molecule has 10 heteroatoms. The Bertz CT molecular complexity index is 1180. The van der Waals surface area contributed by atoms with Crippen molar-refractivity contribution >= 4 is 45.6 Å². The number of nitrogens with one attached hydrogen (secondary N) is 2. The second-order valence-electron chi connectivity index (χ2n) is 7.32. The Labute approximate surface area is 186 Å².